The van der Waals surface area contributed by atoms with Crippen LogP contribution in [0.25, 0.3) is 0 Å². The Hall–Kier alpha value is -1.85. The van der Waals surface area contributed by atoms with E-state index < -0.39 is 0 Å². The molecule has 1 fully saturated rings. The first kappa shape index (κ1) is 18.0. The molecule has 2 aromatic rings. The second-order valence-corrected chi connectivity index (χ2v) is 7.68. The minimum Gasteiger partial charge on any atom is -0.376 e. The van der Waals surface area contributed by atoms with E-state index in [9.17, 15) is 4.79 Å². The van der Waals surface area contributed by atoms with Gasteiger partial charge in [0.25, 0.3) is 0 Å². The number of carbonyl (C=O) groups is 1. The van der Waals surface area contributed by atoms with Crippen LogP contribution in [-0.2, 0) is 22.6 Å². The van der Waals surface area contributed by atoms with Crippen LogP contribution in [0.1, 0.15) is 30.2 Å². The Kier molecular flexibility index (Phi) is 6.48. The average Bonchev–Trinajstić information content (AvgIpc) is 3.28. The van der Waals surface area contributed by atoms with Crippen molar-refractivity contribution in [2.75, 3.05) is 18.5 Å². The summed E-state index contributed by atoms with van der Waals surface area (Å²) in [6, 6.07) is 12.0. The lowest BCUT2D eigenvalue weighted by atomic mass is 10.2. The van der Waals surface area contributed by atoms with E-state index in [4.69, 9.17) is 4.74 Å². The van der Waals surface area contributed by atoms with E-state index in [1.54, 1.807) is 11.3 Å². The normalized spacial score (nSPS) is 14.9. The van der Waals surface area contributed by atoms with Gasteiger partial charge in [0.2, 0.25) is 5.91 Å². The Morgan fingerprint density at radius 3 is 2.96 bits per heavy atom. The molecule has 2 N–H and O–H groups in total. The van der Waals surface area contributed by atoms with E-state index in [2.05, 4.69) is 34.2 Å². The van der Waals surface area contributed by atoms with Crippen LogP contribution >= 0.6 is 11.3 Å². The Morgan fingerprint density at radius 2 is 2.20 bits per heavy atom. The van der Waals surface area contributed by atoms with Crippen LogP contribution in [0.4, 0.5) is 5.69 Å². The summed E-state index contributed by atoms with van der Waals surface area (Å²) in [5.74, 6) is 0.797. The number of anilines is 1. The van der Waals surface area contributed by atoms with Crippen LogP contribution in [-0.4, -0.2) is 25.1 Å². The van der Waals surface area contributed by atoms with Crippen LogP contribution in [0.2, 0.25) is 0 Å². The predicted octanol–water partition coefficient (Wildman–Crippen LogP) is 3.83. The van der Waals surface area contributed by atoms with Gasteiger partial charge in [0.15, 0.2) is 0 Å². The maximum atomic E-state index is 12.2. The van der Waals surface area contributed by atoms with E-state index >= 15 is 0 Å². The summed E-state index contributed by atoms with van der Waals surface area (Å²) in [5.41, 5.74) is 2.09. The van der Waals surface area contributed by atoms with Crippen molar-refractivity contribution in [2.24, 2.45) is 5.92 Å². The SMILES string of the molecule is CC(Nc1cccc(COCC2CC2)c1)C(=O)NCCc1cccs1. The highest BCUT2D eigenvalue weighted by Gasteiger charge is 2.21. The zero-order chi connectivity index (χ0) is 17.5. The lowest BCUT2D eigenvalue weighted by Crippen LogP contribution is -2.38. The molecule has 25 heavy (non-hydrogen) atoms. The van der Waals surface area contributed by atoms with Crippen LogP contribution in [0, 0.1) is 5.92 Å². The molecule has 4 nitrogen and oxygen atoms in total. The summed E-state index contributed by atoms with van der Waals surface area (Å²) in [6.45, 7) is 4.05. The molecule has 0 radical (unpaired) electrons. The van der Waals surface area contributed by atoms with Crippen molar-refractivity contribution in [3.05, 3.63) is 52.2 Å². The Balaban J connectivity index is 1.41. The van der Waals surface area contributed by atoms with Crippen molar-refractivity contribution in [2.45, 2.75) is 38.8 Å². The van der Waals surface area contributed by atoms with Gasteiger partial charge >= 0.3 is 0 Å². The number of ether oxygens (including phenoxy) is 1. The zero-order valence-electron chi connectivity index (χ0n) is 14.7. The third-order valence-corrected chi connectivity index (χ3v) is 5.21. The van der Waals surface area contributed by atoms with Crippen molar-refractivity contribution in [1.29, 1.82) is 0 Å². The number of amides is 1. The molecule has 1 aliphatic rings. The maximum absolute atomic E-state index is 12.2. The average molecular weight is 359 g/mol. The molecule has 1 saturated carbocycles. The lowest BCUT2D eigenvalue weighted by Gasteiger charge is -2.16. The first-order valence-electron chi connectivity index (χ1n) is 8.94. The van der Waals surface area contributed by atoms with E-state index in [0.717, 1.165) is 30.2 Å². The second-order valence-electron chi connectivity index (χ2n) is 6.65. The minimum absolute atomic E-state index is 0.0203. The van der Waals surface area contributed by atoms with Gasteiger partial charge in [-0.25, -0.2) is 0 Å². The Morgan fingerprint density at radius 1 is 1.32 bits per heavy atom. The molecule has 0 aliphatic heterocycles. The van der Waals surface area contributed by atoms with Crippen LogP contribution < -0.4 is 10.6 Å². The molecule has 1 aromatic carbocycles. The van der Waals surface area contributed by atoms with Gasteiger partial charge < -0.3 is 15.4 Å². The molecule has 0 saturated heterocycles. The number of thiophene rings is 1. The van der Waals surface area contributed by atoms with Crippen molar-refractivity contribution in [3.8, 4) is 0 Å². The monoisotopic (exact) mass is 358 g/mol. The van der Waals surface area contributed by atoms with E-state index in [-0.39, 0.29) is 11.9 Å². The molecule has 1 heterocycles. The summed E-state index contributed by atoms with van der Waals surface area (Å²) in [4.78, 5) is 13.5. The van der Waals surface area contributed by atoms with E-state index in [0.29, 0.717) is 13.2 Å². The van der Waals surface area contributed by atoms with Gasteiger partial charge in [-0.1, -0.05) is 18.2 Å². The van der Waals surface area contributed by atoms with E-state index in [1.165, 1.54) is 17.7 Å². The smallest absolute Gasteiger partial charge is 0.242 e. The van der Waals surface area contributed by atoms with Gasteiger partial charge in [0, 0.05) is 23.7 Å². The molecule has 0 spiro atoms. The van der Waals surface area contributed by atoms with Crippen LogP contribution in [0.5, 0.6) is 0 Å². The topological polar surface area (TPSA) is 50.4 Å². The third kappa shape index (κ3) is 6.18. The maximum Gasteiger partial charge on any atom is 0.242 e. The fraction of sp³-hybridized carbons (Fsp3) is 0.450. The fourth-order valence-corrected chi connectivity index (χ4v) is 3.32. The Bertz CT molecular complexity index is 668. The highest BCUT2D eigenvalue weighted by atomic mass is 32.1. The minimum atomic E-state index is -0.272. The number of rotatable bonds is 10. The first-order valence-corrected chi connectivity index (χ1v) is 9.82. The molecule has 134 valence electrons. The van der Waals surface area contributed by atoms with Gasteiger partial charge in [0.1, 0.15) is 6.04 Å². The molecule has 1 atom stereocenters. The molecule has 1 unspecified atom stereocenters. The standard InChI is InChI=1S/C20H26N2O2S/c1-15(20(23)21-10-9-19-6-3-11-25-19)22-18-5-2-4-17(12-18)14-24-13-16-7-8-16/h2-6,11-12,15-16,22H,7-10,13-14H2,1H3,(H,21,23). The largest absolute Gasteiger partial charge is 0.376 e. The molecule has 5 heteroatoms. The second kappa shape index (κ2) is 9.02. The molecular formula is C20H26N2O2S. The molecule has 3 rings (SSSR count). The third-order valence-electron chi connectivity index (χ3n) is 4.27. The number of hydrogen-bond donors (Lipinski definition) is 2. The zero-order valence-corrected chi connectivity index (χ0v) is 15.5. The first-order chi connectivity index (χ1) is 12.2. The number of nitrogens with one attached hydrogen (secondary N) is 2. The van der Waals surface area contributed by atoms with Gasteiger partial charge in [0.05, 0.1) is 6.61 Å². The quantitative estimate of drug-likeness (QED) is 0.678. The van der Waals surface area contributed by atoms with Crippen molar-refractivity contribution in [3.63, 3.8) is 0 Å². The molecular weight excluding hydrogens is 332 g/mol. The highest BCUT2D eigenvalue weighted by Crippen LogP contribution is 2.29. The highest BCUT2D eigenvalue weighted by molar-refractivity contribution is 7.09. The van der Waals surface area contributed by atoms with Gasteiger partial charge in [-0.3, -0.25) is 4.79 Å². The van der Waals surface area contributed by atoms with E-state index in [1.807, 2.05) is 25.1 Å². The number of carbonyl (C=O) groups excluding carboxylic acids is 1. The fourth-order valence-electron chi connectivity index (χ4n) is 2.61. The van der Waals surface area contributed by atoms with Crippen LogP contribution in [0.3, 0.4) is 0 Å². The molecule has 1 aliphatic carbocycles. The van der Waals surface area contributed by atoms with Crippen LogP contribution in [0.15, 0.2) is 41.8 Å². The lowest BCUT2D eigenvalue weighted by molar-refractivity contribution is -0.121. The van der Waals surface area contributed by atoms with Gasteiger partial charge in [-0.2, -0.15) is 0 Å². The molecule has 1 aromatic heterocycles. The van der Waals surface area contributed by atoms with Gasteiger partial charge in [-0.15, -0.1) is 11.3 Å². The van der Waals surface area contributed by atoms with Gasteiger partial charge in [-0.05, 0) is 61.2 Å². The van der Waals surface area contributed by atoms with Crippen molar-refractivity contribution >= 4 is 22.9 Å². The molecule has 1 amide bonds. The van der Waals surface area contributed by atoms with Crippen molar-refractivity contribution < 1.29 is 9.53 Å². The predicted molar refractivity (Wildman–Crippen MR) is 103 cm³/mol. The summed E-state index contributed by atoms with van der Waals surface area (Å²) in [6.07, 6.45) is 3.49. The molecule has 0 bridgehead atoms. The summed E-state index contributed by atoms with van der Waals surface area (Å²) in [7, 11) is 0. The summed E-state index contributed by atoms with van der Waals surface area (Å²) in [5, 5.41) is 8.32. The number of benzene rings is 1. The summed E-state index contributed by atoms with van der Waals surface area (Å²) < 4.78 is 5.73. The summed E-state index contributed by atoms with van der Waals surface area (Å²) >= 11 is 1.72. The Labute approximate surface area is 153 Å². The number of hydrogen-bond acceptors (Lipinski definition) is 4. The van der Waals surface area contributed by atoms with Crippen molar-refractivity contribution in [1.82, 2.24) is 5.32 Å².